The highest BCUT2D eigenvalue weighted by molar-refractivity contribution is 6.37. The van der Waals surface area contributed by atoms with Crippen LogP contribution >= 0.6 is 34.8 Å². The molecule has 2 aromatic rings. The lowest BCUT2D eigenvalue weighted by molar-refractivity contribution is 1.00. The van der Waals surface area contributed by atoms with E-state index in [1.807, 2.05) is 31.2 Å². The monoisotopic (exact) mass is 343 g/mol. The lowest BCUT2D eigenvalue weighted by atomic mass is 10.1. The van der Waals surface area contributed by atoms with Crippen molar-refractivity contribution in [3.05, 3.63) is 51.0 Å². The third-order valence-electron chi connectivity index (χ3n) is 2.89. The van der Waals surface area contributed by atoms with Gasteiger partial charge in [0.05, 0.1) is 10.0 Å². The van der Waals surface area contributed by atoms with Crippen LogP contribution in [0.4, 0.5) is 11.6 Å². The van der Waals surface area contributed by atoms with Crippen molar-refractivity contribution in [1.29, 1.82) is 0 Å². The Bertz CT molecular complexity index is 600. The molecule has 0 aliphatic heterocycles. The Morgan fingerprint density at radius 1 is 0.952 bits per heavy atom. The SMILES string of the molecule is CCNc1nc(NCCc2ccc(Cl)cc2)c(Cl)cc1Cl. The fourth-order valence-electron chi connectivity index (χ4n) is 1.86. The van der Waals surface area contributed by atoms with Crippen LogP contribution in [0.1, 0.15) is 12.5 Å². The van der Waals surface area contributed by atoms with E-state index in [1.165, 1.54) is 5.56 Å². The fourth-order valence-corrected chi connectivity index (χ4v) is 2.48. The van der Waals surface area contributed by atoms with Crippen molar-refractivity contribution in [3.63, 3.8) is 0 Å². The summed E-state index contributed by atoms with van der Waals surface area (Å²) in [4.78, 5) is 4.40. The van der Waals surface area contributed by atoms with E-state index in [0.29, 0.717) is 21.7 Å². The van der Waals surface area contributed by atoms with Crippen molar-refractivity contribution in [1.82, 2.24) is 4.98 Å². The molecule has 0 saturated heterocycles. The highest BCUT2D eigenvalue weighted by atomic mass is 35.5. The van der Waals surface area contributed by atoms with Crippen LogP contribution in [0.2, 0.25) is 15.1 Å². The summed E-state index contributed by atoms with van der Waals surface area (Å²) in [6, 6.07) is 9.47. The number of pyridine rings is 1. The molecule has 0 fully saturated rings. The third-order valence-corrected chi connectivity index (χ3v) is 3.72. The molecule has 2 rings (SSSR count). The molecule has 0 bridgehead atoms. The fraction of sp³-hybridized carbons (Fsp3) is 0.267. The highest BCUT2D eigenvalue weighted by Gasteiger charge is 2.08. The second-order valence-corrected chi connectivity index (χ2v) is 5.73. The molecule has 0 spiro atoms. The van der Waals surface area contributed by atoms with Crippen LogP contribution in [-0.4, -0.2) is 18.1 Å². The van der Waals surface area contributed by atoms with E-state index in [0.717, 1.165) is 24.5 Å². The summed E-state index contributed by atoms with van der Waals surface area (Å²) in [6.45, 7) is 3.46. The molecular weight excluding hydrogens is 329 g/mol. The van der Waals surface area contributed by atoms with Gasteiger partial charge < -0.3 is 10.6 Å². The summed E-state index contributed by atoms with van der Waals surface area (Å²) in [7, 11) is 0. The molecule has 0 aliphatic carbocycles. The first kappa shape index (κ1) is 16.2. The first-order valence-electron chi connectivity index (χ1n) is 6.68. The molecule has 3 nitrogen and oxygen atoms in total. The van der Waals surface area contributed by atoms with Crippen LogP contribution in [0.5, 0.6) is 0 Å². The van der Waals surface area contributed by atoms with Crippen LogP contribution in [0.25, 0.3) is 0 Å². The van der Waals surface area contributed by atoms with Crippen LogP contribution in [0.15, 0.2) is 30.3 Å². The first-order chi connectivity index (χ1) is 10.1. The number of nitrogens with zero attached hydrogens (tertiary/aromatic N) is 1. The number of rotatable bonds is 6. The quantitative estimate of drug-likeness (QED) is 0.763. The molecule has 2 N–H and O–H groups in total. The van der Waals surface area contributed by atoms with Gasteiger partial charge >= 0.3 is 0 Å². The van der Waals surface area contributed by atoms with E-state index in [2.05, 4.69) is 15.6 Å². The van der Waals surface area contributed by atoms with Gasteiger partial charge in [-0.15, -0.1) is 0 Å². The summed E-state index contributed by atoms with van der Waals surface area (Å²) in [5, 5.41) is 8.10. The molecule has 0 atom stereocenters. The maximum absolute atomic E-state index is 6.15. The Morgan fingerprint density at radius 3 is 2.19 bits per heavy atom. The normalized spacial score (nSPS) is 10.5. The zero-order valence-corrected chi connectivity index (χ0v) is 13.9. The maximum Gasteiger partial charge on any atom is 0.147 e. The molecule has 0 amide bonds. The van der Waals surface area contributed by atoms with Gasteiger partial charge in [-0.25, -0.2) is 4.98 Å². The van der Waals surface area contributed by atoms with Crippen molar-refractivity contribution >= 4 is 46.4 Å². The van der Waals surface area contributed by atoms with E-state index in [-0.39, 0.29) is 0 Å². The topological polar surface area (TPSA) is 37.0 Å². The van der Waals surface area contributed by atoms with E-state index in [9.17, 15) is 0 Å². The lowest BCUT2D eigenvalue weighted by Crippen LogP contribution is -2.09. The zero-order chi connectivity index (χ0) is 15.2. The van der Waals surface area contributed by atoms with Gasteiger partial charge in [0.2, 0.25) is 0 Å². The molecule has 21 heavy (non-hydrogen) atoms. The predicted octanol–water partition coefficient (Wildman–Crippen LogP) is 5.13. The average Bonchev–Trinajstić information content (AvgIpc) is 2.46. The number of hydrogen-bond acceptors (Lipinski definition) is 3. The molecule has 0 unspecified atom stereocenters. The molecule has 1 aromatic carbocycles. The van der Waals surface area contributed by atoms with Crippen molar-refractivity contribution in [2.75, 3.05) is 23.7 Å². The standard InChI is InChI=1S/C15H16Cl3N3/c1-2-19-14-12(17)9-13(18)15(21-14)20-8-7-10-3-5-11(16)6-4-10/h3-6,9H,2,7-8H2,1H3,(H2,19,20,21). The largest absolute Gasteiger partial charge is 0.369 e. The van der Waals surface area contributed by atoms with Crippen molar-refractivity contribution in [2.24, 2.45) is 0 Å². The Kier molecular flexibility index (Phi) is 5.97. The predicted molar refractivity (Wildman–Crippen MR) is 92.1 cm³/mol. The molecular formula is C15H16Cl3N3. The minimum Gasteiger partial charge on any atom is -0.369 e. The number of benzene rings is 1. The third kappa shape index (κ3) is 4.67. The molecule has 0 aliphatic rings. The van der Waals surface area contributed by atoms with Crippen molar-refractivity contribution < 1.29 is 0 Å². The van der Waals surface area contributed by atoms with Crippen molar-refractivity contribution in [3.8, 4) is 0 Å². The van der Waals surface area contributed by atoms with Gasteiger partial charge in [0.25, 0.3) is 0 Å². The summed E-state index contributed by atoms with van der Waals surface area (Å²) in [6.07, 6.45) is 0.855. The Hall–Kier alpha value is -1.16. The Balaban J connectivity index is 1.99. The summed E-state index contributed by atoms with van der Waals surface area (Å²) < 4.78 is 0. The molecule has 1 heterocycles. The molecule has 6 heteroatoms. The number of hydrogen-bond donors (Lipinski definition) is 2. The zero-order valence-electron chi connectivity index (χ0n) is 11.6. The number of nitrogens with one attached hydrogen (secondary N) is 2. The van der Waals surface area contributed by atoms with Gasteiger partial charge in [0.1, 0.15) is 11.6 Å². The average molecular weight is 345 g/mol. The smallest absolute Gasteiger partial charge is 0.147 e. The summed E-state index contributed by atoms with van der Waals surface area (Å²) in [5.74, 6) is 1.27. The summed E-state index contributed by atoms with van der Waals surface area (Å²) >= 11 is 18.1. The first-order valence-corrected chi connectivity index (χ1v) is 7.81. The maximum atomic E-state index is 6.15. The Morgan fingerprint density at radius 2 is 1.57 bits per heavy atom. The van der Waals surface area contributed by atoms with E-state index >= 15 is 0 Å². The van der Waals surface area contributed by atoms with Crippen LogP contribution in [0, 0.1) is 0 Å². The van der Waals surface area contributed by atoms with Gasteiger partial charge in [-0.2, -0.15) is 0 Å². The minimum atomic E-state index is 0.512. The second-order valence-electron chi connectivity index (χ2n) is 4.48. The van der Waals surface area contributed by atoms with Crippen LogP contribution in [-0.2, 0) is 6.42 Å². The number of anilines is 2. The number of aromatic nitrogens is 1. The van der Waals surface area contributed by atoms with E-state index in [1.54, 1.807) is 6.07 Å². The van der Waals surface area contributed by atoms with Gasteiger partial charge in [-0.3, -0.25) is 0 Å². The summed E-state index contributed by atoms with van der Waals surface area (Å²) in [5.41, 5.74) is 1.20. The lowest BCUT2D eigenvalue weighted by Gasteiger charge is -2.11. The van der Waals surface area contributed by atoms with Gasteiger partial charge in [0.15, 0.2) is 0 Å². The molecule has 1 aromatic heterocycles. The van der Waals surface area contributed by atoms with Gasteiger partial charge in [0, 0.05) is 18.1 Å². The van der Waals surface area contributed by atoms with Gasteiger partial charge in [-0.05, 0) is 37.1 Å². The molecule has 112 valence electrons. The van der Waals surface area contributed by atoms with Crippen LogP contribution in [0.3, 0.4) is 0 Å². The molecule has 0 saturated carbocycles. The van der Waals surface area contributed by atoms with Gasteiger partial charge in [-0.1, -0.05) is 46.9 Å². The van der Waals surface area contributed by atoms with E-state index < -0.39 is 0 Å². The van der Waals surface area contributed by atoms with E-state index in [4.69, 9.17) is 34.8 Å². The van der Waals surface area contributed by atoms with Crippen molar-refractivity contribution in [2.45, 2.75) is 13.3 Å². The number of halogens is 3. The minimum absolute atomic E-state index is 0.512. The molecule has 0 radical (unpaired) electrons. The highest BCUT2D eigenvalue weighted by Crippen LogP contribution is 2.29. The second kappa shape index (κ2) is 7.74. The van der Waals surface area contributed by atoms with Crippen LogP contribution < -0.4 is 10.6 Å². The Labute approximate surface area is 139 Å².